The zero-order valence-electron chi connectivity index (χ0n) is 39.6. The fraction of sp³-hybridized carbons (Fsp3) is 0.308. The summed E-state index contributed by atoms with van der Waals surface area (Å²) in [7, 11) is 6.33. The van der Waals surface area contributed by atoms with Crippen molar-refractivity contribution in [3.05, 3.63) is 135 Å². The zero-order valence-corrected chi connectivity index (χ0v) is 39.6. The van der Waals surface area contributed by atoms with E-state index in [4.69, 9.17) is 19.6 Å². The minimum atomic E-state index is -0.976. The molecule has 10 rings (SSSR count). The largest absolute Gasteiger partial charge is 0.494 e. The minimum Gasteiger partial charge on any atom is -0.494 e. The van der Waals surface area contributed by atoms with Crippen LogP contribution in [0, 0.1) is 26.0 Å². The molecule has 20 nitrogen and oxygen atoms in total. The van der Waals surface area contributed by atoms with Crippen LogP contribution < -0.4 is 30.3 Å². The fourth-order valence-corrected chi connectivity index (χ4v) is 8.91. The van der Waals surface area contributed by atoms with Crippen molar-refractivity contribution in [2.24, 2.45) is 0 Å². The molecule has 0 aliphatic carbocycles. The highest BCUT2D eigenvalue weighted by atomic mass is 19.1. The molecule has 0 spiro atoms. The standard InChI is InChI=1S/C25H26N6O4.C22H18FN5O3.C3H9NO.2CH4/c1-29(11-12-32)21-14-23(35-2)20(13-22(21)31(33)34)28-25-26-9-8-19(27-25)18-15-30-10-4-6-16-5-3-7-17(18)24(16)30;1-31-20-10-16(23)19(28(29)30)11-18(20)26-22-24-8-7-17(25-22)15-12-27-9-3-5-13-4-2-6-14(15)21(13)27;1-4-2-3-5;;/h3,5,7-9,13-15,32H,4,6,10-12H2,1-2H3,(H,26,27,28);2,4,6-8,10-12H,3,5,9H2,1H3,(H,24,25,26);4-5H,2-3H2,1H3;2*1H4. The lowest BCUT2D eigenvalue weighted by Crippen LogP contribution is -2.22. The second-order valence-electron chi connectivity index (χ2n) is 16.6. The van der Waals surface area contributed by atoms with Gasteiger partial charge in [-0.3, -0.25) is 20.2 Å². The number of benzene rings is 4. The second kappa shape index (κ2) is 24.2. The first-order chi connectivity index (χ1) is 34.5. The number of nitro benzene ring substituents is 2. The van der Waals surface area contributed by atoms with E-state index >= 15 is 0 Å². The molecule has 8 aromatic rings. The Labute approximate surface area is 421 Å². The van der Waals surface area contributed by atoms with Gasteiger partial charge in [0.05, 0.1) is 71.1 Å². The number of nitrogens with one attached hydrogen (secondary N) is 3. The van der Waals surface area contributed by atoms with Crippen LogP contribution in [-0.2, 0) is 25.9 Å². The van der Waals surface area contributed by atoms with Gasteiger partial charge in [0.25, 0.3) is 5.69 Å². The summed E-state index contributed by atoms with van der Waals surface area (Å²) in [5.41, 5.74) is 8.79. The Bertz CT molecular complexity index is 3230. The molecule has 0 saturated heterocycles. The molecule has 0 bridgehead atoms. The van der Waals surface area contributed by atoms with Gasteiger partial charge in [-0.25, -0.2) is 19.9 Å². The number of nitro groups is 2. The van der Waals surface area contributed by atoms with E-state index in [2.05, 4.69) is 88.8 Å². The highest BCUT2D eigenvalue weighted by Gasteiger charge is 2.24. The molecule has 4 aromatic heterocycles. The Hall–Kier alpha value is -8.27. The number of aromatic nitrogens is 6. The molecule has 73 heavy (non-hydrogen) atoms. The molecule has 0 fully saturated rings. The predicted octanol–water partition coefficient (Wildman–Crippen LogP) is 9.45. The second-order valence-corrected chi connectivity index (χ2v) is 16.6. The number of aliphatic hydroxyl groups excluding tert-OH is 2. The van der Waals surface area contributed by atoms with Gasteiger partial charge in [-0.15, -0.1) is 0 Å². The molecule has 0 radical (unpaired) electrons. The number of nitrogens with zero attached hydrogens (tertiary/aromatic N) is 9. The van der Waals surface area contributed by atoms with E-state index < -0.39 is 21.4 Å². The van der Waals surface area contributed by atoms with E-state index in [1.165, 1.54) is 42.4 Å². The summed E-state index contributed by atoms with van der Waals surface area (Å²) in [4.78, 5) is 41.1. The molecule has 384 valence electrons. The van der Waals surface area contributed by atoms with Crippen LogP contribution in [0.5, 0.6) is 11.5 Å². The smallest absolute Gasteiger partial charge is 0.307 e. The van der Waals surface area contributed by atoms with Crippen LogP contribution in [0.25, 0.3) is 44.3 Å². The summed E-state index contributed by atoms with van der Waals surface area (Å²) in [6.45, 7) is 2.98. The molecule has 0 unspecified atom stereocenters. The molecule has 5 N–H and O–H groups in total. The number of methoxy groups -OCH3 is 2. The van der Waals surface area contributed by atoms with E-state index in [-0.39, 0.29) is 57.7 Å². The van der Waals surface area contributed by atoms with Gasteiger partial charge >= 0.3 is 5.69 Å². The van der Waals surface area contributed by atoms with Crippen molar-refractivity contribution in [2.75, 3.05) is 70.2 Å². The predicted molar refractivity (Wildman–Crippen MR) is 283 cm³/mol. The summed E-state index contributed by atoms with van der Waals surface area (Å²) < 4.78 is 29.1. The molecule has 0 amide bonds. The molecule has 0 saturated carbocycles. The van der Waals surface area contributed by atoms with Gasteiger partial charge < -0.3 is 49.7 Å². The van der Waals surface area contributed by atoms with Crippen LogP contribution in [-0.4, -0.2) is 104 Å². The third-order valence-electron chi connectivity index (χ3n) is 12.2. The number of aliphatic hydroxyl groups is 2. The highest BCUT2D eigenvalue weighted by molar-refractivity contribution is 5.98. The van der Waals surface area contributed by atoms with Crippen molar-refractivity contribution < 1.29 is 33.9 Å². The number of hydrogen-bond donors (Lipinski definition) is 5. The lowest BCUT2D eigenvalue weighted by atomic mass is 10.0. The maximum Gasteiger partial charge on any atom is 0.307 e. The highest BCUT2D eigenvalue weighted by Crippen LogP contribution is 2.41. The van der Waals surface area contributed by atoms with E-state index in [0.29, 0.717) is 29.6 Å². The Balaban J connectivity index is 0.000000214. The van der Waals surface area contributed by atoms with Gasteiger partial charge in [-0.1, -0.05) is 51.3 Å². The Morgan fingerprint density at radius 3 is 1.66 bits per heavy atom. The van der Waals surface area contributed by atoms with E-state index in [9.17, 15) is 29.7 Å². The number of ether oxygens (including phenoxy) is 2. The number of halogens is 1. The van der Waals surface area contributed by atoms with Crippen molar-refractivity contribution in [3.63, 3.8) is 0 Å². The number of rotatable bonds is 15. The average Bonchev–Trinajstić information content (AvgIpc) is 3.96. The Morgan fingerprint density at radius 1 is 0.726 bits per heavy atom. The van der Waals surface area contributed by atoms with E-state index in [1.807, 2.05) is 12.1 Å². The Morgan fingerprint density at radius 2 is 1.22 bits per heavy atom. The monoisotopic (exact) mass is 1000 g/mol. The average molecular weight is 1000 g/mol. The molecule has 0 atom stereocenters. The number of likely N-dealkylation sites (N-methyl/N-ethyl adjacent to an activating group) is 2. The van der Waals surface area contributed by atoms with Crippen LogP contribution in [0.2, 0.25) is 0 Å². The molecule has 2 aliphatic rings. The normalized spacial score (nSPS) is 12.0. The van der Waals surface area contributed by atoms with Crippen molar-refractivity contribution in [1.82, 2.24) is 34.4 Å². The topological polar surface area (TPSA) is 246 Å². The van der Waals surface area contributed by atoms with Crippen LogP contribution in [0.15, 0.2) is 97.6 Å². The first-order valence-corrected chi connectivity index (χ1v) is 22.8. The van der Waals surface area contributed by atoms with E-state index in [0.717, 1.165) is 84.2 Å². The summed E-state index contributed by atoms with van der Waals surface area (Å²) in [6.07, 6.45) is 11.8. The lowest BCUT2D eigenvalue weighted by molar-refractivity contribution is -0.387. The molecular formula is C52H61FN12O8. The van der Waals surface area contributed by atoms with E-state index in [1.54, 1.807) is 37.5 Å². The third-order valence-corrected chi connectivity index (χ3v) is 12.2. The van der Waals surface area contributed by atoms with Gasteiger partial charge in [0.2, 0.25) is 17.7 Å². The first-order valence-electron chi connectivity index (χ1n) is 22.8. The van der Waals surface area contributed by atoms with Crippen molar-refractivity contribution >= 4 is 62.1 Å². The molecule has 21 heteroatoms. The SMILES string of the molecule is C.C.CNCCO.COc1cc(F)c([N+](=O)[O-])cc1Nc1nccc(-c2cn3c4c(cccc24)CCC3)n1.COc1cc(N(C)CCO)c([N+](=O)[O-])cc1Nc1nccc(-c2cn3c4c(cccc24)CCC3)n1. The van der Waals surface area contributed by atoms with Crippen molar-refractivity contribution in [1.29, 1.82) is 0 Å². The zero-order chi connectivity index (χ0) is 50.2. The number of anilines is 5. The number of hydrogen-bond acceptors (Lipinski definition) is 16. The Kier molecular flexibility index (Phi) is 17.9. The minimum absolute atomic E-state index is 0. The molecule has 6 heterocycles. The van der Waals surface area contributed by atoms with Gasteiger partial charge in [0, 0.05) is 104 Å². The van der Waals surface area contributed by atoms with Crippen molar-refractivity contribution in [3.8, 4) is 34.0 Å². The van der Waals surface area contributed by atoms with Crippen LogP contribution in [0.3, 0.4) is 0 Å². The first kappa shape index (κ1) is 54.1. The quantitative estimate of drug-likeness (QED) is 0.0474. The van der Waals surface area contributed by atoms with Gasteiger partial charge in [0.1, 0.15) is 17.2 Å². The molecule has 4 aromatic carbocycles. The summed E-state index contributed by atoms with van der Waals surface area (Å²) >= 11 is 0. The maximum absolute atomic E-state index is 13.9. The number of para-hydroxylation sites is 2. The van der Waals surface area contributed by atoms with Gasteiger partial charge in [0.15, 0.2) is 0 Å². The van der Waals surface area contributed by atoms with Gasteiger partial charge in [-0.05, 0) is 56.0 Å². The van der Waals surface area contributed by atoms with Crippen LogP contribution in [0.4, 0.5) is 44.7 Å². The molecule has 2 aliphatic heterocycles. The number of aryl methyl sites for hydroxylation is 4. The van der Waals surface area contributed by atoms with Crippen LogP contribution >= 0.6 is 0 Å². The van der Waals surface area contributed by atoms with Gasteiger partial charge in [-0.2, -0.15) is 4.39 Å². The van der Waals surface area contributed by atoms with Crippen molar-refractivity contribution in [2.45, 2.75) is 53.6 Å². The van der Waals surface area contributed by atoms with Crippen LogP contribution in [0.1, 0.15) is 38.8 Å². The maximum atomic E-state index is 13.9. The third kappa shape index (κ3) is 11.6. The summed E-state index contributed by atoms with van der Waals surface area (Å²) in [5, 5.41) is 51.2. The fourth-order valence-electron chi connectivity index (χ4n) is 8.91. The lowest BCUT2D eigenvalue weighted by Gasteiger charge is -2.20. The molecular weight excluding hydrogens is 940 g/mol. The summed E-state index contributed by atoms with van der Waals surface area (Å²) in [6, 6.07) is 21.4. The summed E-state index contributed by atoms with van der Waals surface area (Å²) in [5.74, 6) is 0.0686.